The van der Waals surface area contributed by atoms with Gasteiger partial charge in [0, 0.05) is 0 Å². The van der Waals surface area contributed by atoms with E-state index in [9.17, 15) is 4.79 Å². The summed E-state index contributed by atoms with van der Waals surface area (Å²) in [6.07, 6.45) is -0.706. The number of hydrogen-bond donors (Lipinski definition) is 0. The van der Waals surface area contributed by atoms with Crippen LogP contribution in [0.25, 0.3) is 0 Å². The van der Waals surface area contributed by atoms with E-state index in [1.54, 1.807) is 43.3 Å². The fourth-order valence-corrected chi connectivity index (χ4v) is 2.15. The van der Waals surface area contributed by atoms with Gasteiger partial charge in [-0.05, 0) is 55.5 Å². The minimum absolute atomic E-state index is 0.439. The lowest BCUT2D eigenvalue weighted by atomic mass is 10.3. The van der Waals surface area contributed by atoms with Crippen molar-refractivity contribution >= 4 is 5.97 Å². The molecule has 3 aromatic rings. The first kappa shape index (κ1) is 16.6. The Balaban J connectivity index is 1.56. The van der Waals surface area contributed by atoms with Gasteiger partial charge >= 0.3 is 5.97 Å². The van der Waals surface area contributed by atoms with E-state index in [1.807, 2.05) is 48.5 Å². The van der Waals surface area contributed by atoms with Crippen LogP contribution in [-0.2, 0) is 4.79 Å². The predicted molar refractivity (Wildman–Crippen MR) is 95.1 cm³/mol. The van der Waals surface area contributed by atoms with Crippen LogP contribution in [0.4, 0.5) is 0 Å². The molecule has 3 rings (SSSR count). The van der Waals surface area contributed by atoms with Crippen LogP contribution in [0, 0.1) is 0 Å². The molecule has 0 aliphatic carbocycles. The van der Waals surface area contributed by atoms with Crippen LogP contribution in [0.2, 0.25) is 0 Å². The number of hydrogen-bond acceptors (Lipinski definition) is 4. The van der Waals surface area contributed by atoms with Crippen molar-refractivity contribution in [1.29, 1.82) is 0 Å². The van der Waals surface area contributed by atoms with Gasteiger partial charge < -0.3 is 14.2 Å². The van der Waals surface area contributed by atoms with Gasteiger partial charge in [-0.2, -0.15) is 0 Å². The van der Waals surface area contributed by atoms with Gasteiger partial charge in [0.2, 0.25) is 0 Å². The quantitative estimate of drug-likeness (QED) is 0.477. The molecule has 0 heterocycles. The first-order valence-electron chi connectivity index (χ1n) is 7.97. The summed E-state index contributed by atoms with van der Waals surface area (Å²) in [5.41, 5.74) is 0. The molecule has 4 heteroatoms. The molecule has 0 fully saturated rings. The molecule has 1 atom stereocenters. The molecule has 0 saturated heterocycles. The minimum atomic E-state index is -0.706. The van der Waals surface area contributed by atoms with Gasteiger partial charge in [-0.1, -0.05) is 36.4 Å². The van der Waals surface area contributed by atoms with Crippen molar-refractivity contribution in [3.05, 3.63) is 84.9 Å². The van der Waals surface area contributed by atoms with Gasteiger partial charge in [-0.15, -0.1) is 0 Å². The molecule has 126 valence electrons. The average Bonchev–Trinajstić information content (AvgIpc) is 2.65. The second-order valence-electron chi connectivity index (χ2n) is 5.38. The summed E-state index contributed by atoms with van der Waals surface area (Å²) in [6, 6.07) is 25.5. The fourth-order valence-electron chi connectivity index (χ4n) is 2.15. The zero-order chi connectivity index (χ0) is 17.5. The van der Waals surface area contributed by atoms with Crippen molar-refractivity contribution in [2.75, 3.05) is 0 Å². The van der Waals surface area contributed by atoms with Crippen LogP contribution in [0.5, 0.6) is 23.0 Å². The smallest absolute Gasteiger partial charge is 0.352 e. The first-order chi connectivity index (χ1) is 12.2. The van der Waals surface area contributed by atoms with Crippen LogP contribution in [0.1, 0.15) is 6.92 Å². The number of carbonyl (C=O) groups excluding carboxylic acids is 1. The highest BCUT2D eigenvalue weighted by atomic mass is 16.6. The van der Waals surface area contributed by atoms with Gasteiger partial charge in [0.15, 0.2) is 6.10 Å². The van der Waals surface area contributed by atoms with Gasteiger partial charge in [0.25, 0.3) is 0 Å². The maximum absolute atomic E-state index is 12.1. The number of para-hydroxylation sites is 2. The summed E-state index contributed by atoms with van der Waals surface area (Å²) < 4.78 is 16.6. The van der Waals surface area contributed by atoms with Crippen LogP contribution in [-0.4, -0.2) is 12.1 Å². The highest BCUT2D eigenvalue weighted by Gasteiger charge is 2.17. The molecule has 25 heavy (non-hydrogen) atoms. The lowest BCUT2D eigenvalue weighted by molar-refractivity contribution is -0.141. The van der Waals surface area contributed by atoms with E-state index in [-0.39, 0.29) is 0 Å². The first-order valence-corrected chi connectivity index (χ1v) is 7.97. The molecule has 0 amide bonds. The molecular weight excluding hydrogens is 316 g/mol. The van der Waals surface area contributed by atoms with Crippen molar-refractivity contribution in [1.82, 2.24) is 0 Å². The number of esters is 1. The molecule has 0 aliphatic rings. The van der Waals surface area contributed by atoms with E-state index in [2.05, 4.69) is 0 Å². The molecule has 0 bridgehead atoms. The van der Waals surface area contributed by atoms with Gasteiger partial charge in [0.05, 0.1) is 0 Å². The average molecular weight is 334 g/mol. The van der Waals surface area contributed by atoms with Crippen LogP contribution < -0.4 is 14.2 Å². The summed E-state index contributed by atoms with van der Waals surface area (Å²) >= 11 is 0. The SMILES string of the molecule is C[C@@H](Oc1ccccc1)C(=O)Oc1ccc(Oc2ccccc2)cc1. The van der Waals surface area contributed by atoms with Crippen LogP contribution >= 0.6 is 0 Å². The van der Waals surface area contributed by atoms with Crippen molar-refractivity contribution in [2.45, 2.75) is 13.0 Å². The monoisotopic (exact) mass is 334 g/mol. The van der Waals surface area contributed by atoms with E-state index < -0.39 is 12.1 Å². The molecule has 4 nitrogen and oxygen atoms in total. The third-order valence-electron chi connectivity index (χ3n) is 3.41. The normalized spacial score (nSPS) is 11.4. The molecule has 0 unspecified atom stereocenters. The van der Waals surface area contributed by atoms with E-state index in [0.717, 1.165) is 5.75 Å². The third kappa shape index (κ3) is 4.85. The lowest BCUT2D eigenvalue weighted by Gasteiger charge is -2.14. The van der Waals surface area contributed by atoms with Crippen molar-refractivity contribution in [2.24, 2.45) is 0 Å². The van der Waals surface area contributed by atoms with E-state index in [0.29, 0.717) is 17.2 Å². The maximum atomic E-state index is 12.1. The second kappa shape index (κ2) is 8.02. The Kier molecular flexibility index (Phi) is 5.32. The third-order valence-corrected chi connectivity index (χ3v) is 3.41. The van der Waals surface area contributed by atoms with Crippen LogP contribution in [0.3, 0.4) is 0 Å². The second-order valence-corrected chi connectivity index (χ2v) is 5.38. The fraction of sp³-hybridized carbons (Fsp3) is 0.0952. The Morgan fingerprint density at radius 1 is 0.680 bits per heavy atom. The molecular formula is C21H18O4. The van der Waals surface area contributed by atoms with Crippen LogP contribution in [0.15, 0.2) is 84.9 Å². The zero-order valence-electron chi connectivity index (χ0n) is 13.8. The number of rotatable bonds is 6. The molecule has 0 saturated carbocycles. The number of benzene rings is 3. The van der Waals surface area contributed by atoms with Crippen molar-refractivity contribution in [3.8, 4) is 23.0 Å². The molecule has 0 aromatic heterocycles. The Hall–Kier alpha value is -3.27. The summed E-state index contributed by atoms with van der Waals surface area (Å²) in [6.45, 7) is 1.65. The number of ether oxygens (including phenoxy) is 3. The van der Waals surface area contributed by atoms with E-state index >= 15 is 0 Å². The lowest BCUT2D eigenvalue weighted by Crippen LogP contribution is -2.28. The topological polar surface area (TPSA) is 44.8 Å². The molecule has 0 N–H and O–H groups in total. The predicted octanol–water partition coefficient (Wildman–Crippen LogP) is 4.85. The van der Waals surface area contributed by atoms with Crippen molar-refractivity contribution in [3.63, 3.8) is 0 Å². The summed E-state index contributed by atoms with van der Waals surface area (Å²) in [5.74, 6) is 2.02. The maximum Gasteiger partial charge on any atom is 0.352 e. The highest BCUT2D eigenvalue weighted by molar-refractivity contribution is 5.77. The Morgan fingerprint density at radius 2 is 1.16 bits per heavy atom. The highest BCUT2D eigenvalue weighted by Crippen LogP contribution is 2.24. The van der Waals surface area contributed by atoms with Gasteiger partial charge in [-0.25, -0.2) is 4.79 Å². The van der Waals surface area contributed by atoms with E-state index in [4.69, 9.17) is 14.2 Å². The summed E-state index contributed by atoms with van der Waals surface area (Å²) in [4.78, 5) is 12.1. The molecule has 0 aliphatic heterocycles. The van der Waals surface area contributed by atoms with Crippen molar-refractivity contribution < 1.29 is 19.0 Å². The zero-order valence-corrected chi connectivity index (χ0v) is 13.8. The minimum Gasteiger partial charge on any atom is -0.479 e. The summed E-state index contributed by atoms with van der Waals surface area (Å²) in [5, 5.41) is 0. The summed E-state index contributed by atoms with van der Waals surface area (Å²) in [7, 11) is 0. The molecule has 0 radical (unpaired) electrons. The largest absolute Gasteiger partial charge is 0.479 e. The molecule has 3 aromatic carbocycles. The van der Waals surface area contributed by atoms with Gasteiger partial charge in [-0.3, -0.25) is 0 Å². The Bertz CT molecular complexity index is 798. The Labute approximate surface area is 146 Å². The number of carbonyl (C=O) groups is 1. The van der Waals surface area contributed by atoms with Gasteiger partial charge in [0.1, 0.15) is 23.0 Å². The van der Waals surface area contributed by atoms with E-state index in [1.165, 1.54) is 0 Å². The standard InChI is InChI=1S/C21H18O4/c1-16(23-17-8-4-2-5-9-17)21(22)25-20-14-12-19(13-15-20)24-18-10-6-3-7-11-18/h2-16H,1H3/t16-/m1/s1. The Morgan fingerprint density at radius 3 is 1.76 bits per heavy atom. The molecule has 0 spiro atoms.